The second-order valence-corrected chi connectivity index (χ2v) is 20.0. The summed E-state index contributed by atoms with van der Waals surface area (Å²) >= 11 is 0. The Kier molecular flexibility index (Phi) is 57.3. The van der Waals surface area contributed by atoms with E-state index in [4.69, 9.17) is 0 Å². The Bertz CT molecular complexity index is 1270. The number of aliphatic hydroxyl groups is 2. The van der Waals surface area contributed by atoms with Gasteiger partial charge in [-0.15, -0.1) is 0 Å². The maximum Gasteiger partial charge on any atom is 0.220 e. The van der Waals surface area contributed by atoms with Gasteiger partial charge in [0, 0.05) is 6.42 Å². The van der Waals surface area contributed by atoms with Crippen molar-refractivity contribution in [1.82, 2.24) is 5.32 Å². The monoisotopic (exact) mass is 958 g/mol. The molecular formula is C65H115NO3. The third kappa shape index (κ3) is 56.1. The molecule has 0 saturated heterocycles. The quantitative estimate of drug-likeness (QED) is 0.0420. The highest BCUT2D eigenvalue weighted by Gasteiger charge is 2.18. The van der Waals surface area contributed by atoms with E-state index in [2.05, 4.69) is 104 Å². The Balaban J connectivity index is 3.53. The molecule has 2 unspecified atom stereocenters. The summed E-state index contributed by atoms with van der Waals surface area (Å²) < 4.78 is 0. The standard InChI is InChI=1S/C65H115NO3/c1-3-5-7-9-11-13-15-17-19-21-23-25-27-28-29-30-31-32-33-34-35-36-37-38-39-41-43-45-47-49-51-53-55-57-59-61-65(69)66-63(62-67)64(68)60-58-56-54-52-50-48-46-44-42-40-26-24-22-20-18-16-14-12-10-8-6-4-2/h5,7,11,13,17,19,23,25,28-29,31-32,34-35,58,60,63-64,67-68H,3-4,6,8-10,12,14-16,18,20-22,24,26-27,30,33,36-57,59,61-62H2,1-2H3,(H,66,69)/b7-5-,13-11-,19-17-,25-23-,29-28-,32-31-,35-34-,60-58+. The lowest BCUT2D eigenvalue weighted by Gasteiger charge is -2.20. The zero-order chi connectivity index (χ0) is 49.9. The molecule has 0 aliphatic heterocycles. The van der Waals surface area contributed by atoms with E-state index in [1.54, 1.807) is 6.08 Å². The first-order valence-corrected chi connectivity index (χ1v) is 30.0. The van der Waals surface area contributed by atoms with Crippen LogP contribution in [0.15, 0.2) is 97.2 Å². The summed E-state index contributed by atoms with van der Waals surface area (Å²) in [5.74, 6) is -0.0658. The van der Waals surface area contributed by atoms with Crippen molar-refractivity contribution in [3.63, 3.8) is 0 Å². The van der Waals surface area contributed by atoms with Gasteiger partial charge in [0.05, 0.1) is 18.8 Å². The van der Waals surface area contributed by atoms with E-state index in [9.17, 15) is 15.0 Å². The zero-order valence-corrected chi connectivity index (χ0v) is 45.8. The Morgan fingerprint density at radius 1 is 0.362 bits per heavy atom. The number of nitrogens with one attached hydrogen (secondary N) is 1. The van der Waals surface area contributed by atoms with E-state index >= 15 is 0 Å². The Labute approximate surface area is 430 Å². The first-order chi connectivity index (χ1) is 34.2. The minimum atomic E-state index is -0.845. The highest BCUT2D eigenvalue weighted by Crippen LogP contribution is 2.17. The smallest absolute Gasteiger partial charge is 0.220 e. The van der Waals surface area contributed by atoms with E-state index in [-0.39, 0.29) is 12.5 Å². The first-order valence-electron chi connectivity index (χ1n) is 30.0. The molecule has 0 bridgehead atoms. The maximum absolute atomic E-state index is 12.5. The fourth-order valence-corrected chi connectivity index (χ4v) is 8.81. The molecule has 0 aliphatic carbocycles. The van der Waals surface area contributed by atoms with Crippen molar-refractivity contribution >= 4 is 5.91 Å². The van der Waals surface area contributed by atoms with Gasteiger partial charge in [0.1, 0.15) is 0 Å². The summed E-state index contributed by atoms with van der Waals surface area (Å²) in [6, 6.07) is -0.629. The van der Waals surface area contributed by atoms with E-state index < -0.39 is 12.1 Å². The molecule has 398 valence electrons. The van der Waals surface area contributed by atoms with Gasteiger partial charge in [-0.3, -0.25) is 4.79 Å². The normalized spacial score (nSPS) is 13.5. The van der Waals surface area contributed by atoms with Crippen LogP contribution in [0, 0.1) is 0 Å². The van der Waals surface area contributed by atoms with E-state index in [1.165, 1.54) is 199 Å². The largest absolute Gasteiger partial charge is 0.394 e. The predicted molar refractivity (Wildman–Crippen MR) is 308 cm³/mol. The summed E-state index contributed by atoms with van der Waals surface area (Å²) in [7, 11) is 0. The van der Waals surface area contributed by atoms with Crippen LogP contribution in [-0.4, -0.2) is 34.9 Å². The topological polar surface area (TPSA) is 69.6 Å². The zero-order valence-electron chi connectivity index (χ0n) is 45.8. The first kappa shape index (κ1) is 66.3. The average Bonchev–Trinajstić information content (AvgIpc) is 3.35. The average molecular weight is 959 g/mol. The number of unbranched alkanes of at least 4 members (excludes halogenated alkanes) is 33. The van der Waals surface area contributed by atoms with Gasteiger partial charge in [-0.05, 0) is 77.0 Å². The maximum atomic E-state index is 12.5. The number of hydrogen-bond acceptors (Lipinski definition) is 3. The van der Waals surface area contributed by atoms with Gasteiger partial charge in [-0.1, -0.05) is 304 Å². The lowest BCUT2D eigenvalue weighted by Crippen LogP contribution is -2.45. The third-order valence-electron chi connectivity index (χ3n) is 13.3. The lowest BCUT2D eigenvalue weighted by atomic mass is 10.0. The molecular weight excluding hydrogens is 843 g/mol. The van der Waals surface area contributed by atoms with Crippen LogP contribution >= 0.6 is 0 Å². The summed E-state index contributed by atoms with van der Waals surface area (Å²) in [5.41, 5.74) is 0. The van der Waals surface area contributed by atoms with E-state index in [0.29, 0.717) is 6.42 Å². The molecule has 0 rings (SSSR count). The predicted octanol–water partition coefficient (Wildman–Crippen LogP) is 20.1. The van der Waals surface area contributed by atoms with Crippen molar-refractivity contribution < 1.29 is 15.0 Å². The molecule has 0 spiro atoms. The summed E-state index contributed by atoms with van der Waals surface area (Å²) in [6.45, 7) is 4.21. The van der Waals surface area contributed by atoms with Gasteiger partial charge in [0.2, 0.25) is 5.91 Å². The van der Waals surface area contributed by atoms with Crippen LogP contribution in [0.25, 0.3) is 0 Å². The van der Waals surface area contributed by atoms with Crippen molar-refractivity contribution in [3.05, 3.63) is 97.2 Å². The van der Waals surface area contributed by atoms with Crippen LogP contribution < -0.4 is 5.32 Å². The number of allylic oxidation sites excluding steroid dienone is 15. The molecule has 0 saturated carbocycles. The van der Waals surface area contributed by atoms with Gasteiger partial charge in [0.25, 0.3) is 0 Å². The molecule has 3 N–H and O–H groups in total. The molecule has 4 heteroatoms. The Morgan fingerprint density at radius 3 is 0.957 bits per heavy atom. The van der Waals surface area contributed by atoms with Gasteiger partial charge in [-0.25, -0.2) is 0 Å². The Morgan fingerprint density at radius 2 is 0.638 bits per heavy atom. The number of amides is 1. The number of hydrogen-bond donors (Lipinski definition) is 3. The van der Waals surface area contributed by atoms with Crippen molar-refractivity contribution in [1.29, 1.82) is 0 Å². The number of carbonyl (C=O) groups excluding carboxylic acids is 1. The molecule has 1 amide bonds. The van der Waals surface area contributed by atoms with Crippen LogP contribution in [0.5, 0.6) is 0 Å². The van der Waals surface area contributed by atoms with Crippen molar-refractivity contribution in [2.75, 3.05) is 6.61 Å². The molecule has 0 fully saturated rings. The molecule has 0 aliphatic rings. The summed E-state index contributed by atoms with van der Waals surface area (Å²) in [6.07, 6.45) is 88.6. The van der Waals surface area contributed by atoms with Gasteiger partial charge < -0.3 is 15.5 Å². The summed E-state index contributed by atoms with van der Waals surface area (Å²) in [5, 5.41) is 23.2. The van der Waals surface area contributed by atoms with E-state index in [0.717, 1.165) is 70.6 Å². The lowest BCUT2D eigenvalue weighted by molar-refractivity contribution is -0.123. The SMILES string of the molecule is CC/C=C\C/C=C\C/C=C\C/C=C\C/C=C\C/C=C\C/C=C\CCCCCCCCCCCCCCCC(=O)NC(CO)C(O)/C=C/CCCCCCCCCCCCCCCCCCCCCC. The summed E-state index contributed by atoms with van der Waals surface area (Å²) in [4.78, 5) is 12.5. The number of rotatable bonds is 54. The molecule has 0 aromatic rings. The molecule has 0 radical (unpaired) electrons. The van der Waals surface area contributed by atoms with Gasteiger partial charge in [-0.2, -0.15) is 0 Å². The number of carbonyl (C=O) groups is 1. The molecule has 2 atom stereocenters. The van der Waals surface area contributed by atoms with Crippen LogP contribution in [-0.2, 0) is 4.79 Å². The fourth-order valence-electron chi connectivity index (χ4n) is 8.81. The molecule has 0 heterocycles. The number of aliphatic hydroxyl groups excluding tert-OH is 2. The third-order valence-corrected chi connectivity index (χ3v) is 13.3. The molecule has 0 aromatic carbocycles. The minimum Gasteiger partial charge on any atom is -0.394 e. The van der Waals surface area contributed by atoms with Crippen molar-refractivity contribution in [2.45, 2.75) is 302 Å². The van der Waals surface area contributed by atoms with Crippen LogP contribution in [0.2, 0.25) is 0 Å². The van der Waals surface area contributed by atoms with Crippen molar-refractivity contribution in [2.24, 2.45) is 0 Å². The van der Waals surface area contributed by atoms with Crippen LogP contribution in [0.1, 0.15) is 290 Å². The molecule has 0 aromatic heterocycles. The molecule has 4 nitrogen and oxygen atoms in total. The Hall–Kier alpha value is -2.69. The second kappa shape index (κ2) is 59.6. The fraction of sp³-hybridized carbons (Fsp3) is 0.738. The highest BCUT2D eigenvalue weighted by atomic mass is 16.3. The van der Waals surface area contributed by atoms with E-state index in [1.807, 2.05) is 6.08 Å². The van der Waals surface area contributed by atoms with Gasteiger partial charge >= 0.3 is 0 Å². The van der Waals surface area contributed by atoms with Crippen LogP contribution in [0.3, 0.4) is 0 Å². The minimum absolute atomic E-state index is 0.0658. The van der Waals surface area contributed by atoms with Crippen molar-refractivity contribution in [3.8, 4) is 0 Å². The van der Waals surface area contributed by atoms with Crippen LogP contribution in [0.4, 0.5) is 0 Å². The second-order valence-electron chi connectivity index (χ2n) is 20.0. The highest BCUT2D eigenvalue weighted by molar-refractivity contribution is 5.76. The molecule has 69 heavy (non-hydrogen) atoms. The van der Waals surface area contributed by atoms with Gasteiger partial charge in [0.15, 0.2) is 0 Å².